The number of halogens is 2. The number of hydrogen-bond donors (Lipinski definition) is 2. The molecule has 4 nitrogen and oxygen atoms in total. The van der Waals surface area contributed by atoms with Crippen LogP contribution in [0.15, 0.2) is 0 Å². The van der Waals surface area contributed by atoms with Crippen LogP contribution in [-0.2, 0) is 9.53 Å². The minimum Gasteiger partial charge on any atom is -0.393 e. The van der Waals surface area contributed by atoms with Gasteiger partial charge in [0.2, 0.25) is 5.91 Å². The third-order valence-corrected chi connectivity index (χ3v) is 2.82. The average Bonchev–Trinajstić information content (AvgIpc) is 2.67. The number of nitrogens with one attached hydrogen (secondary N) is 1. The lowest BCUT2D eigenvalue weighted by molar-refractivity contribution is -0.122. The zero-order valence-electron chi connectivity index (χ0n) is 9.70. The number of hydrogen-bond acceptors (Lipinski definition) is 3. The first-order chi connectivity index (χ1) is 8.08. The maximum atomic E-state index is 11.7. The second-order valence-corrected chi connectivity index (χ2v) is 4.35. The monoisotopic (exact) mass is 251 g/mol. The van der Waals surface area contributed by atoms with E-state index in [1.165, 1.54) is 0 Å². The lowest BCUT2D eigenvalue weighted by Gasteiger charge is -2.10. The summed E-state index contributed by atoms with van der Waals surface area (Å²) in [5.41, 5.74) is 0. The maximum Gasteiger partial charge on any atom is 0.261 e. The summed E-state index contributed by atoms with van der Waals surface area (Å²) >= 11 is 0. The van der Waals surface area contributed by atoms with Crippen molar-refractivity contribution < 1.29 is 23.4 Å². The van der Waals surface area contributed by atoms with E-state index in [2.05, 4.69) is 10.1 Å². The third-order valence-electron chi connectivity index (χ3n) is 2.82. The predicted octanol–water partition coefficient (Wildman–Crippen LogP) is 0.935. The van der Waals surface area contributed by atoms with Crippen LogP contribution in [0.2, 0.25) is 0 Å². The molecule has 0 heterocycles. The molecule has 2 unspecified atom stereocenters. The van der Waals surface area contributed by atoms with Gasteiger partial charge in [0, 0.05) is 13.0 Å². The van der Waals surface area contributed by atoms with E-state index in [0.29, 0.717) is 12.5 Å². The van der Waals surface area contributed by atoms with Crippen LogP contribution < -0.4 is 5.32 Å². The number of aliphatic hydroxyl groups excluding tert-OH is 1. The molecule has 1 fully saturated rings. The molecule has 17 heavy (non-hydrogen) atoms. The van der Waals surface area contributed by atoms with Crippen molar-refractivity contribution in [3.05, 3.63) is 0 Å². The normalized spacial score (nSPS) is 24.2. The number of alkyl halides is 2. The summed E-state index contributed by atoms with van der Waals surface area (Å²) in [6, 6.07) is 0. The minimum absolute atomic E-state index is 0.0173. The topological polar surface area (TPSA) is 58.6 Å². The molecule has 0 aliphatic heterocycles. The van der Waals surface area contributed by atoms with Crippen LogP contribution in [-0.4, -0.2) is 43.3 Å². The zero-order chi connectivity index (χ0) is 12.7. The van der Waals surface area contributed by atoms with Crippen molar-refractivity contribution in [1.29, 1.82) is 0 Å². The summed E-state index contributed by atoms with van der Waals surface area (Å²) in [4.78, 5) is 11.3. The van der Waals surface area contributed by atoms with E-state index in [1.807, 2.05) is 0 Å². The number of carbonyl (C=O) groups excluding carboxylic acids is 1. The Bertz CT molecular complexity index is 239. The Kier molecular flexibility index (Phi) is 6.36. The number of aliphatic hydroxyl groups is 1. The molecule has 6 heteroatoms. The molecule has 0 radical (unpaired) electrons. The summed E-state index contributed by atoms with van der Waals surface area (Å²) in [6.07, 6.45) is -0.199. The fraction of sp³-hybridized carbons (Fsp3) is 0.909. The lowest BCUT2D eigenvalue weighted by Crippen LogP contribution is -2.29. The van der Waals surface area contributed by atoms with Crippen molar-refractivity contribution in [1.82, 2.24) is 5.32 Å². The third kappa shape index (κ3) is 6.53. The first kappa shape index (κ1) is 14.3. The van der Waals surface area contributed by atoms with E-state index in [-0.39, 0.29) is 25.0 Å². The highest BCUT2D eigenvalue weighted by Crippen LogP contribution is 2.24. The average molecular weight is 251 g/mol. The first-order valence-electron chi connectivity index (χ1n) is 5.88. The summed E-state index contributed by atoms with van der Waals surface area (Å²) in [6.45, 7) is -0.0592. The van der Waals surface area contributed by atoms with E-state index in [4.69, 9.17) is 0 Å². The molecule has 100 valence electrons. The van der Waals surface area contributed by atoms with E-state index >= 15 is 0 Å². The highest BCUT2D eigenvalue weighted by atomic mass is 19.3. The Morgan fingerprint density at radius 3 is 2.82 bits per heavy atom. The van der Waals surface area contributed by atoms with Crippen LogP contribution in [0, 0.1) is 5.92 Å². The second-order valence-electron chi connectivity index (χ2n) is 4.35. The van der Waals surface area contributed by atoms with E-state index in [1.54, 1.807) is 0 Å². The van der Waals surface area contributed by atoms with Crippen molar-refractivity contribution in [3.8, 4) is 0 Å². The Morgan fingerprint density at radius 2 is 2.24 bits per heavy atom. The molecule has 1 amide bonds. The largest absolute Gasteiger partial charge is 0.393 e. The Morgan fingerprint density at radius 1 is 1.47 bits per heavy atom. The molecule has 0 bridgehead atoms. The number of amides is 1. The fourth-order valence-corrected chi connectivity index (χ4v) is 1.92. The molecule has 0 aromatic rings. The lowest BCUT2D eigenvalue weighted by atomic mass is 10.1. The Balaban J connectivity index is 1.98. The van der Waals surface area contributed by atoms with Gasteiger partial charge in [0.05, 0.1) is 12.7 Å². The van der Waals surface area contributed by atoms with Crippen molar-refractivity contribution in [2.24, 2.45) is 5.92 Å². The maximum absolute atomic E-state index is 11.7. The van der Waals surface area contributed by atoms with Crippen LogP contribution in [0.3, 0.4) is 0 Å². The zero-order valence-corrected chi connectivity index (χ0v) is 9.70. The smallest absolute Gasteiger partial charge is 0.261 e. The quantitative estimate of drug-likeness (QED) is 0.662. The van der Waals surface area contributed by atoms with Gasteiger partial charge in [-0.25, -0.2) is 8.78 Å². The standard InChI is InChI=1S/C11H19F2NO3/c12-10(13)7-17-4-3-11(16)14-6-8-1-2-9(15)5-8/h8-10,15H,1-7H2,(H,14,16). The molecule has 1 rings (SSSR count). The van der Waals surface area contributed by atoms with Crippen molar-refractivity contribution in [2.45, 2.75) is 38.2 Å². The number of ether oxygens (including phenoxy) is 1. The SMILES string of the molecule is O=C(CCOCC(F)F)NCC1CCC(O)C1. The number of carbonyl (C=O) groups is 1. The molecule has 1 aliphatic carbocycles. The minimum atomic E-state index is -2.49. The van der Waals surface area contributed by atoms with Crippen LogP contribution in [0.1, 0.15) is 25.7 Å². The first-order valence-corrected chi connectivity index (χ1v) is 5.88. The van der Waals surface area contributed by atoms with Crippen LogP contribution in [0.25, 0.3) is 0 Å². The van der Waals surface area contributed by atoms with Crippen LogP contribution in [0.4, 0.5) is 8.78 Å². The van der Waals surface area contributed by atoms with Gasteiger partial charge in [-0.05, 0) is 25.2 Å². The van der Waals surface area contributed by atoms with Gasteiger partial charge < -0.3 is 15.2 Å². The molecule has 0 spiro atoms. The molecule has 2 atom stereocenters. The van der Waals surface area contributed by atoms with Crippen LogP contribution >= 0.6 is 0 Å². The summed E-state index contributed by atoms with van der Waals surface area (Å²) in [5.74, 6) is 0.136. The summed E-state index contributed by atoms with van der Waals surface area (Å²) in [7, 11) is 0. The highest BCUT2D eigenvalue weighted by Gasteiger charge is 2.22. The van der Waals surface area contributed by atoms with Gasteiger partial charge in [-0.3, -0.25) is 4.79 Å². The molecular weight excluding hydrogens is 232 g/mol. The molecule has 0 aromatic heterocycles. The molecule has 1 aliphatic rings. The molecule has 0 saturated heterocycles. The summed E-state index contributed by atoms with van der Waals surface area (Å²) in [5, 5.41) is 12.0. The Labute approximate surface area is 99.3 Å². The predicted molar refractivity (Wildman–Crippen MR) is 57.8 cm³/mol. The molecule has 1 saturated carbocycles. The molecule has 0 aromatic carbocycles. The molecule has 2 N–H and O–H groups in total. The van der Waals surface area contributed by atoms with Crippen molar-refractivity contribution in [2.75, 3.05) is 19.8 Å². The van der Waals surface area contributed by atoms with Crippen LogP contribution in [0.5, 0.6) is 0 Å². The summed E-state index contributed by atoms with van der Waals surface area (Å²) < 4.78 is 28.0. The van der Waals surface area contributed by atoms with Gasteiger partial charge in [-0.15, -0.1) is 0 Å². The van der Waals surface area contributed by atoms with Gasteiger partial charge in [0.25, 0.3) is 6.43 Å². The Hall–Kier alpha value is -0.750. The van der Waals surface area contributed by atoms with E-state index in [0.717, 1.165) is 19.3 Å². The van der Waals surface area contributed by atoms with Gasteiger partial charge in [-0.2, -0.15) is 0 Å². The van der Waals surface area contributed by atoms with E-state index in [9.17, 15) is 18.7 Å². The molecular formula is C11H19F2NO3. The second kappa shape index (κ2) is 7.55. The van der Waals surface area contributed by atoms with Gasteiger partial charge in [0.1, 0.15) is 6.61 Å². The van der Waals surface area contributed by atoms with Crippen molar-refractivity contribution >= 4 is 5.91 Å². The van der Waals surface area contributed by atoms with Gasteiger partial charge >= 0.3 is 0 Å². The van der Waals surface area contributed by atoms with Crippen molar-refractivity contribution in [3.63, 3.8) is 0 Å². The highest BCUT2D eigenvalue weighted by molar-refractivity contribution is 5.75. The van der Waals surface area contributed by atoms with Gasteiger partial charge in [-0.1, -0.05) is 0 Å². The van der Waals surface area contributed by atoms with Gasteiger partial charge in [0.15, 0.2) is 0 Å². The number of rotatable bonds is 7. The van der Waals surface area contributed by atoms with E-state index < -0.39 is 13.0 Å². The fourth-order valence-electron chi connectivity index (χ4n) is 1.92.